The molecule has 0 heterocycles. The van der Waals surface area contributed by atoms with E-state index in [1.807, 2.05) is 73.7 Å². The molecule has 112 valence electrons. The van der Waals surface area contributed by atoms with Gasteiger partial charge in [-0.25, -0.2) is 0 Å². The molecule has 22 heavy (non-hydrogen) atoms. The quantitative estimate of drug-likeness (QED) is 0.458. The molecule has 5 heteroatoms. The lowest BCUT2D eigenvalue weighted by molar-refractivity contribution is 1.04. The number of anilines is 1. The fourth-order valence-electron chi connectivity index (χ4n) is 1.65. The van der Waals surface area contributed by atoms with Crippen LogP contribution in [0.1, 0.15) is 12.5 Å². The number of allylic oxidation sites excluding steroid dienone is 1. The van der Waals surface area contributed by atoms with Crippen LogP contribution in [0.3, 0.4) is 0 Å². The first-order valence-corrected chi connectivity index (χ1v) is 7.93. The topological polar surface area (TPSA) is 36.4 Å². The van der Waals surface area contributed by atoms with Gasteiger partial charge in [0.15, 0.2) is 5.11 Å². The molecule has 0 aliphatic heterocycles. The fourth-order valence-corrected chi connectivity index (χ4v) is 2.08. The molecule has 2 aromatic carbocycles. The van der Waals surface area contributed by atoms with Crippen LogP contribution in [0.15, 0.2) is 70.2 Å². The van der Waals surface area contributed by atoms with E-state index >= 15 is 0 Å². The van der Waals surface area contributed by atoms with E-state index in [-0.39, 0.29) is 0 Å². The Bertz CT molecular complexity index is 679. The van der Waals surface area contributed by atoms with E-state index in [1.165, 1.54) is 0 Å². The van der Waals surface area contributed by atoms with Crippen molar-refractivity contribution >= 4 is 50.7 Å². The van der Waals surface area contributed by atoms with Crippen molar-refractivity contribution in [2.75, 3.05) is 5.32 Å². The standard InChI is InChI=1S/C17H16BrN3S/c1-13(7-8-14-5-3-2-4-6-14)20-21-17(22)19-16-11-9-15(18)10-12-16/h2-12H,1H3,(H2,19,21,22)/b8-7+,20-13+. The van der Waals surface area contributed by atoms with Crippen LogP contribution in [0.2, 0.25) is 0 Å². The summed E-state index contributed by atoms with van der Waals surface area (Å²) in [5.74, 6) is 0. The Morgan fingerprint density at radius 3 is 2.45 bits per heavy atom. The Labute approximate surface area is 144 Å². The summed E-state index contributed by atoms with van der Waals surface area (Å²) in [6.45, 7) is 1.91. The van der Waals surface area contributed by atoms with Crippen LogP contribution in [0.25, 0.3) is 6.08 Å². The van der Waals surface area contributed by atoms with E-state index < -0.39 is 0 Å². The molecule has 0 saturated carbocycles. The Morgan fingerprint density at radius 1 is 1.09 bits per heavy atom. The summed E-state index contributed by atoms with van der Waals surface area (Å²) in [6.07, 6.45) is 3.94. The number of hydrogen-bond acceptors (Lipinski definition) is 2. The third-order valence-electron chi connectivity index (χ3n) is 2.75. The predicted octanol–water partition coefficient (Wildman–Crippen LogP) is 4.82. The maximum atomic E-state index is 5.20. The Kier molecular flexibility index (Phi) is 6.30. The van der Waals surface area contributed by atoms with E-state index in [0.29, 0.717) is 5.11 Å². The third kappa shape index (κ3) is 5.79. The highest BCUT2D eigenvalue weighted by molar-refractivity contribution is 9.10. The van der Waals surface area contributed by atoms with Crippen LogP contribution < -0.4 is 10.7 Å². The number of hydrazone groups is 1. The number of benzene rings is 2. The van der Waals surface area contributed by atoms with Gasteiger partial charge in [0, 0.05) is 10.2 Å². The van der Waals surface area contributed by atoms with Crippen molar-refractivity contribution in [3.63, 3.8) is 0 Å². The molecule has 0 unspecified atom stereocenters. The molecule has 0 bridgehead atoms. The number of nitrogens with one attached hydrogen (secondary N) is 2. The van der Waals surface area contributed by atoms with Gasteiger partial charge in [0.25, 0.3) is 0 Å². The Hall–Kier alpha value is -1.98. The van der Waals surface area contributed by atoms with Gasteiger partial charge in [-0.1, -0.05) is 52.3 Å². The molecular formula is C17H16BrN3S. The highest BCUT2D eigenvalue weighted by atomic mass is 79.9. The smallest absolute Gasteiger partial charge is 0.191 e. The minimum atomic E-state index is 0.454. The Morgan fingerprint density at radius 2 is 1.77 bits per heavy atom. The van der Waals surface area contributed by atoms with Gasteiger partial charge in [-0.05, 0) is 55.0 Å². The molecule has 0 aromatic heterocycles. The zero-order valence-electron chi connectivity index (χ0n) is 12.1. The Balaban J connectivity index is 1.86. The van der Waals surface area contributed by atoms with Crippen molar-refractivity contribution in [3.05, 3.63) is 70.7 Å². The predicted molar refractivity (Wildman–Crippen MR) is 102 cm³/mol. The molecule has 0 aliphatic carbocycles. The molecule has 0 aliphatic rings. The number of halogens is 1. The second-order valence-electron chi connectivity index (χ2n) is 4.57. The van der Waals surface area contributed by atoms with Gasteiger partial charge in [-0.15, -0.1) is 0 Å². The summed E-state index contributed by atoms with van der Waals surface area (Å²) < 4.78 is 1.02. The minimum Gasteiger partial charge on any atom is -0.331 e. The van der Waals surface area contributed by atoms with Crippen LogP contribution in [0, 0.1) is 0 Å². The SMILES string of the molecule is CC(/C=C/c1ccccc1)=N\NC(=S)Nc1ccc(Br)cc1. The molecule has 2 rings (SSSR count). The van der Waals surface area contributed by atoms with Crippen molar-refractivity contribution in [1.82, 2.24) is 5.43 Å². The minimum absolute atomic E-state index is 0.454. The largest absolute Gasteiger partial charge is 0.331 e. The summed E-state index contributed by atoms with van der Waals surface area (Å²) >= 11 is 8.59. The van der Waals surface area contributed by atoms with Gasteiger partial charge < -0.3 is 5.32 Å². The van der Waals surface area contributed by atoms with Gasteiger partial charge in [-0.3, -0.25) is 5.43 Å². The highest BCUT2D eigenvalue weighted by Gasteiger charge is 1.96. The molecule has 0 fully saturated rings. The van der Waals surface area contributed by atoms with Gasteiger partial charge in [0.1, 0.15) is 0 Å². The number of hydrogen-bond donors (Lipinski definition) is 2. The molecular weight excluding hydrogens is 358 g/mol. The van der Waals surface area contributed by atoms with Crippen LogP contribution in [0.4, 0.5) is 5.69 Å². The lowest BCUT2D eigenvalue weighted by Gasteiger charge is -2.07. The average Bonchev–Trinajstić information content (AvgIpc) is 2.54. The molecule has 0 spiro atoms. The van der Waals surface area contributed by atoms with Crippen molar-refractivity contribution in [1.29, 1.82) is 0 Å². The van der Waals surface area contributed by atoms with Crippen molar-refractivity contribution in [2.45, 2.75) is 6.92 Å². The first-order valence-electron chi connectivity index (χ1n) is 6.73. The first kappa shape index (κ1) is 16.4. The number of thiocarbonyl (C=S) groups is 1. The third-order valence-corrected chi connectivity index (χ3v) is 3.47. The lowest BCUT2D eigenvalue weighted by Crippen LogP contribution is -2.24. The van der Waals surface area contributed by atoms with Crippen LogP contribution in [0.5, 0.6) is 0 Å². The molecule has 0 saturated heterocycles. The van der Waals surface area contributed by atoms with Crippen LogP contribution in [-0.4, -0.2) is 10.8 Å². The van der Waals surface area contributed by atoms with Crippen LogP contribution in [-0.2, 0) is 0 Å². The lowest BCUT2D eigenvalue weighted by atomic mass is 10.2. The second-order valence-corrected chi connectivity index (χ2v) is 5.89. The molecule has 3 nitrogen and oxygen atoms in total. The van der Waals surface area contributed by atoms with Gasteiger partial charge in [-0.2, -0.15) is 5.10 Å². The summed E-state index contributed by atoms with van der Waals surface area (Å²) in [5, 5.41) is 7.74. The van der Waals surface area contributed by atoms with Crippen molar-refractivity contribution < 1.29 is 0 Å². The molecule has 2 aromatic rings. The monoisotopic (exact) mass is 373 g/mol. The second kappa shape index (κ2) is 8.46. The normalized spacial score (nSPS) is 11.5. The molecule has 2 N–H and O–H groups in total. The fraction of sp³-hybridized carbons (Fsp3) is 0.0588. The summed E-state index contributed by atoms with van der Waals surface area (Å²) in [4.78, 5) is 0. The van der Waals surface area contributed by atoms with E-state index in [1.54, 1.807) is 0 Å². The van der Waals surface area contributed by atoms with E-state index in [9.17, 15) is 0 Å². The molecule has 0 amide bonds. The summed E-state index contributed by atoms with van der Waals surface area (Å²) in [5.41, 5.74) is 5.71. The number of nitrogens with zero attached hydrogens (tertiary/aromatic N) is 1. The van der Waals surface area contributed by atoms with E-state index in [2.05, 4.69) is 31.8 Å². The van der Waals surface area contributed by atoms with E-state index in [0.717, 1.165) is 21.4 Å². The average molecular weight is 374 g/mol. The zero-order chi connectivity index (χ0) is 15.8. The van der Waals surface area contributed by atoms with Crippen LogP contribution >= 0.6 is 28.1 Å². The molecule has 0 radical (unpaired) electrons. The maximum Gasteiger partial charge on any atom is 0.191 e. The van der Waals surface area contributed by atoms with E-state index in [4.69, 9.17) is 12.2 Å². The zero-order valence-corrected chi connectivity index (χ0v) is 14.5. The number of rotatable bonds is 4. The van der Waals surface area contributed by atoms with Gasteiger partial charge in [0.2, 0.25) is 0 Å². The highest BCUT2D eigenvalue weighted by Crippen LogP contribution is 2.13. The first-order chi connectivity index (χ1) is 10.6. The van der Waals surface area contributed by atoms with Crippen molar-refractivity contribution in [2.24, 2.45) is 5.10 Å². The maximum absolute atomic E-state index is 5.20. The van der Waals surface area contributed by atoms with Gasteiger partial charge >= 0.3 is 0 Å². The van der Waals surface area contributed by atoms with Gasteiger partial charge in [0.05, 0.1) is 5.71 Å². The molecule has 0 atom stereocenters. The summed E-state index contributed by atoms with van der Waals surface area (Å²) in [7, 11) is 0. The van der Waals surface area contributed by atoms with Crippen molar-refractivity contribution in [3.8, 4) is 0 Å². The summed E-state index contributed by atoms with van der Waals surface area (Å²) in [6, 6.07) is 17.8.